The van der Waals surface area contributed by atoms with Gasteiger partial charge in [0.05, 0.1) is 6.42 Å². The first-order valence-electron chi connectivity index (χ1n) is 6.35. The van der Waals surface area contributed by atoms with E-state index in [1.165, 1.54) is 0 Å². The number of likely N-dealkylation sites (N-methyl/N-ethyl adjacent to an activating group) is 1. The number of benzene rings is 2. The molecule has 0 atom stereocenters. The van der Waals surface area contributed by atoms with Gasteiger partial charge in [-0.15, -0.1) is 0 Å². The average molecular weight is 288 g/mol. The van der Waals surface area contributed by atoms with E-state index in [4.69, 9.17) is 16.0 Å². The highest BCUT2D eigenvalue weighted by atomic mass is 35.5. The van der Waals surface area contributed by atoms with Crippen LogP contribution in [0.5, 0.6) is 0 Å². The molecule has 0 aliphatic carbocycles. The van der Waals surface area contributed by atoms with Gasteiger partial charge in [-0.25, -0.2) is 0 Å². The van der Waals surface area contributed by atoms with Crippen molar-refractivity contribution in [2.45, 2.75) is 6.42 Å². The fourth-order valence-electron chi connectivity index (χ4n) is 2.24. The van der Waals surface area contributed by atoms with Gasteiger partial charge in [0.15, 0.2) is 0 Å². The fourth-order valence-corrected chi connectivity index (χ4v) is 2.41. The molecular weight excluding hydrogens is 274 g/mol. The normalized spacial score (nSPS) is 11.2. The summed E-state index contributed by atoms with van der Waals surface area (Å²) in [6.07, 6.45) is 0.376. The Morgan fingerprint density at radius 1 is 1.10 bits per heavy atom. The molecule has 0 bridgehead atoms. The van der Waals surface area contributed by atoms with Gasteiger partial charge in [0, 0.05) is 29.9 Å². The SMILES string of the molecule is CN(C)C(=O)Cc1ccc2c(c1)oc1ccc(Cl)cc12. The number of hydrogen-bond donors (Lipinski definition) is 0. The van der Waals surface area contributed by atoms with Crippen molar-refractivity contribution >= 4 is 39.4 Å². The lowest BCUT2D eigenvalue weighted by atomic mass is 10.1. The van der Waals surface area contributed by atoms with Crippen molar-refractivity contribution in [1.82, 2.24) is 4.90 Å². The Bertz CT molecular complexity index is 805. The summed E-state index contributed by atoms with van der Waals surface area (Å²) in [5, 5.41) is 2.70. The maximum absolute atomic E-state index is 11.7. The molecule has 0 unspecified atom stereocenters. The van der Waals surface area contributed by atoms with Crippen LogP contribution in [0, 0.1) is 0 Å². The molecule has 3 aromatic rings. The molecule has 0 saturated heterocycles. The summed E-state index contributed by atoms with van der Waals surface area (Å²) in [4.78, 5) is 13.3. The van der Waals surface area contributed by atoms with Crippen LogP contribution in [0.4, 0.5) is 0 Å². The molecule has 0 radical (unpaired) electrons. The molecule has 0 saturated carbocycles. The molecule has 0 spiro atoms. The van der Waals surface area contributed by atoms with Gasteiger partial charge < -0.3 is 9.32 Å². The van der Waals surface area contributed by atoms with Crippen molar-refractivity contribution in [3.8, 4) is 0 Å². The summed E-state index contributed by atoms with van der Waals surface area (Å²) in [5.41, 5.74) is 2.54. The van der Waals surface area contributed by atoms with Gasteiger partial charge in [0.1, 0.15) is 11.2 Å². The third kappa shape index (κ3) is 2.25. The summed E-state index contributed by atoms with van der Waals surface area (Å²) >= 11 is 6.02. The van der Waals surface area contributed by atoms with Crippen molar-refractivity contribution < 1.29 is 9.21 Å². The van der Waals surface area contributed by atoms with E-state index in [9.17, 15) is 4.79 Å². The summed E-state index contributed by atoms with van der Waals surface area (Å²) in [6, 6.07) is 11.4. The van der Waals surface area contributed by atoms with Gasteiger partial charge in [-0.2, -0.15) is 0 Å². The number of amides is 1. The van der Waals surface area contributed by atoms with E-state index in [0.717, 1.165) is 27.5 Å². The minimum atomic E-state index is 0.0727. The third-order valence-corrected chi connectivity index (χ3v) is 3.59. The number of carbonyl (C=O) groups excluding carboxylic acids is 1. The summed E-state index contributed by atoms with van der Waals surface area (Å²) in [7, 11) is 3.51. The maximum Gasteiger partial charge on any atom is 0.226 e. The van der Waals surface area contributed by atoms with Gasteiger partial charge in [0.2, 0.25) is 5.91 Å². The van der Waals surface area contributed by atoms with Crippen LogP contribution in [0.2, 0.25) is 5.02 Å². The van der Waals surface area contributed by atoms with Crippen molar-refractivity contribution in [1.29, 1.82) is 0 Å². The number of carbonyl (C=O) groups is 1. The molecule has 2 aromatic carbocycles. The fraction of sp³-hybridized carbons (Fsp3) is 0.188. The lowest BCUT2D eigenvalue weighted by Gasteiger charge is -2.09. The van der Waals surface area contributed by atoms with Gasteiger partial charge in [-0.1, -0.05) is 23.7 Å². The number of nitrogens with zero attached hydrogens (tertiary/aromatic N) is 1. The molecule has 0 aliphatic heterocycles. The number of rotatable bonds is 2. The number of hydrogen-bond acceptors (Lipinski definition) is 2. The highest BCUT2D eigenvalue weighted by molar-refractivity contribution is 6.31. The van der Waals surface area contributed by atoms with E-state index in [1.54, 1.807) is 19.0 Å². The van der Waals surface area contributed by atoms with Crippen LogP contribution < -0.4 is 0 Å². The molecule has 4 heteroatoms. The molecule has 3 nitrogen and oxygen atoms in total. The Labute approximate surface area is 121 Å². The first-order chi connectivity index (χ1) is 9.54. The van der Waals surface area contributed by atoms with Crippen LogP contribution in [0.3, 0.4) is 0 Å². The second-order valence-corrected chi connectivity index (χ2v) is 5.47. The molecule has 20 heavy (non-hydrogen) atoms. The van der Waals surface area contributed by atoms with E-state index in [1.807, 2.05) is 36.4 Å². The van der Waals surface area contributed by atoms with E-state index in [2.05, 4.69) is 0 Å². The second kappa shape index (κ2) is 4.84. The minimum Gasteiger partial charge on any atom is -0.456 e. The number of halogens is 1. The third-order valence-electron chi connectivity index (χ3n) is 3.35. The van der Waals surface area contributed by atoms with Crippen molar-refractivity contribution in [2.24, 2.45) is 0 Å². The van der Waals surface area contributed by atoms with Crippen molar-refractivity contribution in [2.75, 3.05) is 14.1 Å². The first-order valence-corrected chi connectivity index (χ1v) is 6.73. The van der Waals surface area contributed by atoms with Crippen LogP contribution >= 0.6 is 11.6 Å². The zero-order valence-corrected chi connectivity index (χ0v) is 12.1. The minimum absolute atomic E-state index is 0.0727. The molecule has 0 N–H and O–H groups in total. The second-order valence-electron chi connectivity index (χ2n) is 5.04. The topological polar surface area (TPSA) is 33.5 Å². The smallest absolute Gasteiger partial charge is 0.226 e. The monoisotopic (exact) mass is 287 g/mol. The first kappa shape index (κ1) is 13.0. The quantitative estimate of drug-likeness (QED) is 0.717. The Kier molecular flexibility index (Phi) is 3.14. The Hall–Kier alpha value is -2.00. The molecule has 0 fully saturated rings. The van der Waals surface area contributed by atoms with E-state index >= 15 is 0 Å². The summed E-state index contributed by atoms with van der Waals surface area (Å²) < 4.78 is 5.81. The number of fused-ring (bicyclic) bond motifs is 3. The predicted molar refractivity (Wildman–Crippen MR) is 81.1 cm³/mol. The highest BCUT2D eigenvalue weighted by Gasteiger charge is 2.10. The number of furan rings is 1. The van der Waals surface area contributed by atoms with Crippen molar-refractivity contribution in [3.05, 3.63) is 47.0 Å². The van der Waals surface area contributed by atoms with Crippen LogP contribution in [0.25, 0.3) is 21.9 Å². The molecule has 3 rings (SSSR count). The largest absolute Gasteiger partial charge is 0.456 e. The van der Waals surface area contributed by atoms with Crippen molar-refractivity contribution in [3.63, 3.8) is 0 Å². The molecule has 0 aliphatic rings. The zero-order chi connectivity index (χ0) is 14.3. The Morgan fingerprint density at radius 2 is 1.90 bits per heavy atom. The molecule has 1 aromatic heterocycles. The average Bonchev–Trinajstić information content (AvgIpc) is 2.75. The molecule has 102 valence electrons. The molecule has 1 amide bonds. The van der Waals surface area contributed by atoms with Crippen LogP contribution in [-0.2, 0) is 11.2 Å². The maximum atomic E-state index is 11.7. The standard InChI is InChI=1S/C16H14ClNO2/c1-18(2)16(19)8-10-3-5-12-13-9-11(17)4-6-14(13)20-15(12)7-10/h3-7,9H,8H2,1-2H3. The van der Waals surface area contributed by atoms with Crippen LogP contribution in [0.15, 0.2) is 40.8 Å². The lowest BCUT2D eigenvalue weighted by Crippen LogP contribution is -2.23. The van der Waals surface area contributed by atoms with E-state index in [-0.39, 0.29) is 5.91 Å². The van der Waals surface area contributed by atoms with Gasteiger partial charge >= 0.3 is 0 Å². The zero-order valence-electron chi connectivity index (χ0n) is 11.3. The van der Waals surface area contributed by atoms with E-state index in [0.29, 0.717) is 11.4 Å². The van der Waals surface area contributed by atoms with E-state index < -0.39 is 0 Å². The molecular formula is C16H14ClNO2. The predicted octanol–water partition coefficient (Wildman–Crippen LogP) is 3.87. The summed E-state index contributed by atoms with van der Waals surface area (Å²) in [5.74, 6) is 0.0727. The van der Waals surface area contributed by atoms with Gasteiger partial charge in [-0.05, 0) is 29.8 Å². The lowest BCUT2D eigenvalue weighted by molar-refractivity contribution is -0.127. The van der Waals surface area contributed by atoms with Gasteiger partial charge in [-0.3, -0.25) is 4.79 Å². The van der Waals surface area contributed by atoms with Gasteiger partial charge in [0.25, 0.3) is 0 Å². The molecule has 1 heterocycles. The summed E-state index contributed by atoms with van der Waals surface area (Å²) in [6.45, 7) is 0. The van der Waals surface area contributed by atoms with Crippen LogP contribution in [0.1, 0.15) is 5.56 Å². The Balaban J connectivity index is 2.08. The van der Waals surface area contributed by atoms with Crippen LogP contribution in [-0.4, -0.2) is 24.9 Å². The highest BCUT2D eigenvalue weighted by Crippen LogP contribution is 2.31. The Morgan fingerprint density at radius 3 is 2.65 bits per heavy atom.